The number of fused-ring (bicyclic) bond motifs is 1. The Kier molecular flexibility index (Phi) is 5.74. The summed E-state index contributed by atoms with van der Waals surface area (Å²) in [5, 5.41) is 1.18. The van der Waals surface area contributed by atoms with E-state index in [0.717, 1.165) is 30.6 Å². The first kappa shape index (κ1) is 17.9. The molecule has 1 aromatic heterocycles. The molecule has 1 aromatic carbocycles. The van der Waals surface area contributed by atoms with E-state index in [2.05, 4.69) is 35.1 Å². The minimum Gasteiger partial charge on any atom is -0.361 e. The lowest BCUT2D eigenvalue weighted by atomic mass is 9.95. The number of benzene rings is 1. The summed E-state index contributed by atoms with van der Waals surface area (Å²) < 4.78 is 0. The van der Waals surface area contributed by atoms with E-state index in [1.54, 1.807) is 0 Å². The zero-order valence-corrected chi connectivity index (χ0v) is 15.8. The number of Topliss-reactive ketones (excluding diaryl/α,β-unsaturated/α-hetero) is 1. The lowest BCUT2D eigenvalue weighted by molar-refractivity contribution is 0.0939. The van der Waals surface area contributed by atoms with Crippen LogP contribution in [0.5, 0.6) is 0 Å². The molecule has 0 fully saturated rings. The first-order valence-corrected chi connectivity index (χ1v) is 9.67. The summed E-state index contributed by atoms with van der Waals surface area (Å²) in [5.41, 5.74) is 4.61. The molecule has 0 unspecified atom stereocenters. The van der Waals surface area contributed by atoms with Gasteiger partial charge in [0, 0.05) is 47.2 Å². The number of rotatable bonds is 7. The first-order valence-electron chi connectivity index (χ1n) is 9.67. The smallest absolute Gasteiger partial charge is 0.165 e. The number of hydrogen-bond acceptors (Lipinski definition) is 2. The Balaban J connectivity index is 1.79. The van der Waals surface area contributed by atoms with Crippen LogP contribution in [0.3, 0.4) is 0 Å². The van der Waals surface area contributed by atoms with E-state index >= 15 is 0 Å². The number of carbonyl (C=O) groups excluding carboxylic acids is 1. The highest BCUT2D eigenvalue weighted by Crippen LogP contribution is 2.30. The zero-order chi connectivity index (χ0) is 17.8. The van der Waals surface area contributed by atoms with E-state index in [9.17, 15) is 4.79 Å². The van der Waals surface area contributed by atoms with Crippen molar-refractivity contribution in [1.29, 1.82) is 0 Å². The van der Waals surface area contributed by atoms with Gasteiger partial charge in [0.1, 0.15) is 0 Å². The minimum absolute atomic E-state index is 0.0328. The maximum Gasteiger partial charge on any atom is 0.165 e. The molecule has 2 heterocycles. The van der Waals surface area contributed by atoms with Gasteiger partial charge in [0.15, 0.2) is 5.78 Å². The van der Waals surface area contributed by atoms with E-state index in [-0.39, 0.29) is 11.7 Å². The van der Waals surface area contributed by atoms with E-state index in [1.807, 2.05) is 26.0 Å². The Morgan fingerprint density at radius 1 is 1.28 bits per heavy atom. The molecule has 0 aliphatic carbocycles. The van der Waals surface area contributed by atoms with Crippen LogP contribution in [0.25, 0.3) is 16.5 Å². The van der Waals surface area contributed by atoms with Crippen LogP contribution < -0.4 is 0 Å². The molecule has 3 heteroatoms. The van der Waals surface area contributed by atoms with Crippen molar-refractivity contribution in [1.82, 2.24) is 9.88 Å². The average molecular weight is 338 g/mol. The van der Waals surface area contributed by atoms with Crippen molar-refractivity contribution in [3.05, 3.63) is 41.6 Å². The van der Waals surface area contributed by atoms with Crippen LogP contribution in [0.1, 0.15) is 62.4 Å². The molecular weight excluding hydrogens is 308 g/mol. The van der Waals surface area contributed by atoms with Crippen LogP contribution in [0, 0.1) is 5.92 Å². The van der Waals surface area contributed by atoms with Crippen LogP contribution in [0.15, 0.2) is 30.5 Å². The van der Waals surface area contributed by atoms with Crippen molar-refractivity contribution in [3.8, 4) is 0 Å². The van der Waals surface area contributed by atoms with Gasteiger partial charge in [-0.05, 0) is 43.2 Å². The van der Waals surface area contributed by atoms with E-state index < -0.39 is 0 Å². The van der Waals surface area contributed by atoms with Crippen LogP contribution in [-0.4, -0.2) is 35.3 Å². The van der Waals surface area contributed by atoms with Crippen LogP contribution in [0.2, 0.25) is 0 Å². The molecule has 0 atom stereocenters. The van der Waals surface area contributed by atoms with Crippen LogP contribution in [0.4, 0.5) is 0 Å². The van der Waals surface area contributed by atoms with Crippen molar-refractivity contribution in [2.75, 3.05) is 19.6 Å². The Bertz CT molecular complexity index is 769. The van der Waals surface area contributed by atoms with Gasteiger partial charge in [-0.2, -0.15) is 0 Å². The summed E-state index contributed by atoms with van der Waals surface area (Å²) in [5.74, 6) is 0.249. The Labute approximate surface area is 151 Å². The van der Waals surface area contributed by atoms with Gasteiger partial charge >= 0.3 is 0 Å². The van der Waals surface area contributed by atoms with Crippen molar-refractivity contribution in [2.45, 2.75) is 46.5 Å². The Hall–Kier alpha value is -1.87. The summed E-state index contributed by atoms with van der Waals surface area (Å²) in [6, 6.07) is 6.04. The number of H-pyrrole nitrogens is 1. The number of carbonyl (C=O) groups is 1. The van der Waals surface area contributed by atoms with Crippen LogP contribution >= 0.6 is 0 Å². The molecule has 1 aliphatic rings. The minimum atomic E-state index is 0.0328. The van der Waals surface area contributed by atoms with E-state index in [4.69, 9.17) is 0 Å². The highest BCUT2D eigenvalue weighted by atomic mass is 16.1. The first-order chi connectivity index (χ1) is 12.1. The fraction of sp³-hybridized carbons (Fsp3) is 0.500. The summed E-state index contributed by atoms with van der Waals surface area (Å²) >= 11 is 0. The molecule has 0 spiro atoms. The average Bonchev–Trinajstić information content (AvgIpc) is 3.05. The fourth-order valence-corrected chi connectivity index (χ4v) is 3.62. The number of nitrogens with zero attached hydrogens (tertiary/aromatic N) is 1. The molecule has 1 aliphatic heterocycles. The van der Waals surface area contributed by atoms with Gasteiger partial charge in [0.05, 0.1) is 0 Å². The summed E-state index contributed by atoms with van der Waals surface area (Å²) in [6.07, 6.45) is 9.46. The molecule has 134 valence electrons. The van der Waals surface area contributed by atoms with Gasteiger partial charge in [-0.3, -0.25) is 9.69 Å². The van der Waals surface area contributed by atoms with Crippen molar-refractivity contribution in [2.24, 2.45) is 5.92 Å². The van der Waals surface area contributed by atoms with Gasteiger partial charge in [0.25, 0.3) is 0 Å². The molecule has 0 radical (unpaired) electrons. The number of aromatic nitrogens is 1. The van der Waals surface area contributed by atoms with Crippen molar-refractivity contribution >= 4 is 22.3 Å². The van der Waals surface area contributed by atoms with Crippen molar-refractivity contribution in [3.63, 3.8) is 0 Å². The SMILES string of the molecule is CCCCCN1CC=C(c2c[nH]c3ccc(C(=O)C(C)C)cc23)CC1. The third-order valence-electron chi connectivity index (χ3n) is 5.21. The molecular formula is C22H30N2O. The fourth-order valence-electron chi connectivity index (χ4n) is 3.62. The normalized spacial score (nSPS) is 15.8. The second kappa shape index (κ2) is 8.01. The topological polar surface area (TPSA) is 36.1 Å². The number of aromatic amines is 1. The van der Waals surface area contributed by atoms with E-state index in [1.165, 1.54) is 42.3 Å². The molecule has 2 aromatic rings. The third-order valence-corrected chi connectivity index (χ3v) is 5.21. The number of hydrogen-bond donors (Lipinski definition) is 1. The number of nitrogens with one attached hydrogen (secondary N) is 1. The maximum absolute atomic E-state index is 12.3. The van der Waals surface area contributed by atoms with E-state index in [0.29, 0.717) is 0 Å². The summed E-state index contributed by atoms with van der Waals surface area (Å²) in [7, 11) is 0. The largest absolute Gasteiger partial charge is 0.361 e. The Morgan fingerprint density at radius 2 is 2.12 bits per heavy atom. The number of ketones is 1. The molecule has 25 heavy (non-hydrogen) atoms. The number of unbranched alkanes of at least 4 members (excludes halogenated alkanes) is 2. The third kappa shape index (κ3) is 4.04. The predicted octanol–water partition coefficient (Wildman–Crippen LogP) is 5.29. The zero-order valence-electron chi connectivity index (χ0n) is 15.8. The lowest BCUT2D eigenvalue weighted by Crippen LogP contribution is -2.29. The van der Waals surface area contributed by atoms with Gasteiger partial charge in [-0.1, -0.05) is 39.7 Å². The van der Waals surface area contributed by atoms with Gasteiger partial charge in [-0.15, -0.1) is 0 Å². The molecule has 0 saturated heterocycles. The van der Waals surface area contributed by atoms with Crippen LogP contribution in [-0.2, 0) is 0 Å². The monoisotopic (exact) mass is 338 g/mol. The molecule has 3 rings (SSSR count). The van der Waals surface area contributed by atoms with Gasteiger partial charge in [0.2, 0.25) is 0 Å². The highest BCUT2D eigenvalue weighted by molar-refractivity contribution is 6.02. The predicted molar refractivity (Wildman–Crippen MR) is 106 cm³/mol. The highest BCUT2D eigenvalue weighted by Gasteiger charge is 2.17. The standard InChI is InChI=1S/C22H30N2O/c1-4-5-6-11-24-12-9-17(10-13-24)20-15-23-21-8-7-18(14-19(20)21)22(25)16(2)3/h7-9,14-16,23H,4-6,10-13H2,1-3H3. The Morgan fingerprint density at radius 3 is 2.80 bits per heavy atom. The van der Waals surface area contributed by atoms with Gasteiger partial charge < -0.3 is 4.98 Å². The second-order valence-electron chi connectivity index (χ2n) is 7.47. The molecule has 0 amide bonds. The summed E-state index contributed by atoms with van der Waals surface area (Å²) in [6.45, 7) is 9.55. The molecule has 3 nitrogen and oxygen atoms in total. The van der Waals surface area contributed by atoms with Crippen molar-refractivity contribution < 1.29 is 4.79 Å². The van der Waals surface area contributed by atoms with Gasteiger partial charge in [-0.25, -0.2) is 0 Å². The molecule has 0 bridgehead atoms. The lowest BCUT2D eigenvalue weighted by Gasteiger charge is -2.26. The summed E-state index contributed by atoms with van der Waals surface area (Å²) in [4.78, 5) is 18.2. The molecule has 1 N–H and O–H groups in total. The molecule has 0 saturated carbocycles. The maximum atomic E-state index is 12.3. The quantitative estimate of drug-likeness (QED) is 0.550. The second-order valence-corrected chi connectivity index (χ2v) is 7.47.